The summed E-state index contributed by atoms with van der Waals surface area (Å²) >= 11 is 1.36. The smallest absolute Gasteiger partial charge is 0.238 e. The fourth-order valence-corrected chi connectivity index (χ4v) is 4.84. The average molecular weight is 475 g/mol. The van der Waals surface area contributed by atoms with Gasteiger partial charge in [0.25, 0.3) is 0 Å². The number of unbranched alkanes of at least 4 members (excludes halogenated alkanes) is 1. The van der Waals surface area contributed by atoms with Gasteiger partial charge in [-0.3, -0.25) is 4.79 Å². The van der Waals surface area contributed by atoms with Crippen molar-refractivity contribution in [3.8, 4) is 0 Å². The molecule has 9 heteroatoms. The molecule has 0 saturated heterocycles. The number of aryl methyl sites for hydroxylation is 2. The molecule has 0 aliphatic rings. The van der Waals surface area contributed by atoms with Gasteiger partial charge >= 0.3 is 0 Å². The molecule has 2 aromatic carbocycles. The zero-order valence-electron chi connectivity index (χ0n) is 18.5. The lowest BCUT2D eigenvalue weighted by molar-refractivity contribution is -0.119. The van der Waals surface area contributed by atoms with Crippen LogP contribution in [0.4, 0.5) is 0 Å². The number of hydrogen-bond acceptors (Lipinski definition) is 5. The van der Waals surface area contributed by atoms with E-state index in [4.69, 9.17) is 5.14 Å². The van der Waals surface area contributed by atoms with Gasteiger partial charge in [0.05, 0.1) is 21.7 Å². The number of imidazole rings is 1. The van der Waals surface area contributed by atoms with Gasteiger partial charge in [0.1, 0.15) is 0 Å². The molecule has 32 heavy (non-hydrogen) atoms. The van der Waals surface area contributed by atoms with Gasteiger partial charge in [-0.15, -0.1) is 0 Å². The van der Waals surface area contributed by atoms with Gasteiger partial charge in [-0.05, 0) is 49.9 Å². The second-order valence-electron chi connectivity index (χ2n) is 7.88. The Morgan fingerprint density at radius 1 is 1.22 bits per heavy atom. The molecule has 0 unspecified atom stereocenters. The van der Waals surface area contributed by atoms with E-state index in [1.54, 1.807) is 6.07 Å². The molecule has 1 aromatic heterocycles. The van der Waals surface area contributed by atoms with E-state index in [9.17, 15) is 13.2 Å². The molecule has 3 N–H and O–H groups in total. The fraction of sp³-hybridized carbons (Fsp3) is 0.391. The molecular formula is C23H30N4O3S2. The molecule has 1 amide bonds. The first-order chi connectivity index (χ1) is 15.3. The molecular weight excluding hydrogens is 444 g/mol. The normalized spacial score (nSPS) is 12.7. The Bertz CT molecular complexity index is 1160. The number of aromatic nitrogens is 2. The molecule has 0 radical (unpaired) electrons. The maximum atomic E-state index is 12.5. The maximum absolute atomic E-state index is 12.5. The molecule has 0 bridgehead atoms. The highest BCUT2D eigenvalue weighted by molar-refractivity contribution is 7.99. The molecule has 0 aliphatic carbocycles. The zero-order valence-corrected chi connectivity index (χ0v) is 20.1. The van der Waals surface area contributed by atoms with Crippen molar-refractivity contribution >= 4 is 38.7 Å². The van der Waals surface area contributed by atoms with Gasteiger partial charge in [-0.2, -0.15) is 0 Å². The van der Waals surface area contributed by atoms with Crippen LogP contribution in [0.25, 0.3) is 11.0 Å². The number of amides is 1. The van der Waals surface area contributed by atoms with Crippen LogP contribution < -0.4 is 10.5 Å². The van der Waals surface area contributed by atoms with Gasteiger partial charge in [0, 0.05) is 12.6 Å². The van der Waals surface area contributed by atoms with Gasteiger partial charge in [0.15, 0.2) is 5.16 Å². The van der Waals surface area contributed by atoms with Crippen LogP contribution in [-0.4, -0.2) is 35.7 Å². The minimum atomic E-state index is -3.80. The number of fused-ring (bicyclic) bond motifs is 1. The predicted molar refractivity (Wildman–Crippen MR) is 129 cm³/mol. The molecule has 0 fully saturated rings. The number of carbonyl (C=O) groups is 1. The summed E-state index contributed by atoms with van der Waals surface area (Å²) in [7, 11) is -3.80. The van der Waals surface area contributed by atoms with Crippen LogP contribution in [0.2, 0.25) is 0 Å². The molecule has 0 saturated carbocycles. The Kier molecular flexibility index (Phi) is 8.33. The van der Waals surface area contributed by atoms with Crippen molar-refractivity contribution in [1.82, 2.24) is 14.9 Å². The number of rotatable bonds is 11. The first kappa shape index (κ1) is 24.3. The van der Waals surface area contributed by atoms with E-state index >= 15 is 0 Å². The minimum Gasteiger partial charge on any atom is -0.353 e. The number of thioether (sulfide) groups is 1. The summed E-state index contributed by atoms with van der Waals surface area (Å²) in [5.41, 5.74) is 2.66. The van der Waals surface area contributed by atoms with Crippen molar-refractivity contribution in [1.29, 1.82) is 0 Å². The highest BCUT2D eigenvalue weighted by atomic mass is 32.2. The van der Waals surface area contributed by atoms with Crippen molar-refractivity contribution in [2.75, 3.05) is 5.75 Å². The topological polar surface area (TPSA) is 107 Å². The Morgan fingerprint density at radius 2 is 1.97 bits per heavy atom. The number of nitrogens with one attached hydrogen (secondary N) is 1. The van der Waals surface area contributed by atoms with Crippen LogP contribution >= 0.6 is 11.8 Å². The molecule has 3 rings (SSSR count). The average Bonchev–Trinajstić information content (AvgIpc) is 3.11. The lowest BCUT2D eigenvalue weighted by Crippen LogP contribution is -2.34. The quantitative estimate of drug-likeness (QED) is 0.412. The summed E-state index contributed by atoms with van der Waals surface area (Å²) in [4.78, 5) is 17.1. The van der Waals surface area contributed by atoms with Crippen molar-refractivity contribution in [2.45, 2.75) is 62.2 Å². The Hall–Kier alpha value is -2.36. The molecule has 7 nitrogen and oxygen atoms in total. The SMILES string of the molecule is CCCCn1c(SCC(=O)N[C@H](C)CCc2ccccc2)nc2cc(S(N)(=O)=O)ccc21. The van der Waals surface area contributed by atoms with Crippen molar-refractivity contribution < 1.29 is 13.2 Å². The van der Waals surface area contributed by atoms with E-state index in [0.717, 1.165) is 37.7 Å². The van der Waals surface area contributed by atoms with Crippen molar-refractivity contribution in [3.05, 3.63) is 54.1 Å². The first-order valence-electron chi connectivity index (χ1n) is 10.8. The summed E-state index contributed by atoms with van der Waals surface area (Å²) in [6.07, 6.45) is 3.75. The zero-order chi connectivity index (χ0) is 23.1. The van der Waals surface area contributed by atoms with Crippen LogP contribution in [0.3, 0.4) is 0 Å². The van der Waals surface area contributed by atoms with Gasteiger partial charge < -0.3 is 9.88 Å². The van der Waals surface area contributed by atoms with Crippen LogP contribution in [0, 0.1) is 0 Å². The van der Waals surface area contributed by atoms with E-state index in [0.29, 0.717) is 10.7 Å². The lowest BCUT2D eigenvalue weighted by atomic mass is 10.1. The number of nitrogens with two attached hydrogens (primary N) is 1. The third kappa shape index (κ3) is 6.57. The monoisotopic (exact) mass is 474 g/mol. The van der Waals surface area contributed by atoms with Gasteiger partial charge in [-0.1, -0.05) is 55.4 Å². The summed E-state index contributed by atoms with van der Waals surface area (Å²) in [6.45, 7) is 4.87. The molecule has 1 heterocycles. The Labute approximate surface area is 193 Å². The van der Waals surface area contributed by atoms with E-state index in [2.05, 4.69) is 29.4 Å². The van der Waals surface area contributed by atoms with E-state index < -0.39 is 10.0 Å². The van der Waals surface area contributed by atoms with Crippen LogP contribution in [-0.2, 0) is 27.8 Å². The first-order valence-corrected chi connectivity index (χ1v) is 13.3. The third-order valence-electron chi connectivity index (χ3n) is 5.20. The second kappa shape index (κ2) is 11.0. The highest BCUT2D eigenvalue weighted by Gasteiger charge is 2.16. The minimum absolute atomic E-state index is 0.0340. The summed E-state index contributed by atoms with van der Waals surface area (Å²) in [6, 6.07) is 15.0. The standard InChI is InChI=1S/C23H30N4O3S2/c1-3-4-14-27-21-13-12-19(32(24,29)30)15-20(21)26-23(27)31-16-22(28)25-17(2)10-11-18-8-6-5-7-9-18/h5-9,12-13,15,17H,3-4,10-11,14,16H2,1-2H3,(H,25,28)(H2,24,29,30)/t17-/m1/s1. The Balaban J connectivity index is 1.65. The van der Waals surface area contributed by atoms with Crippen molar-refractivity contribution in [2.24, 2.45) is 5.14 Å². The number of primary sulfonamides is 1. The van der Waals surface area contributed by atoms with Crippen molar-refractivity contribution in [3.63, 3.8) is 0 Å². The van der Waals surface area contributed by atoms with Crippen LogP contribution in [0.5, 0.6) is 0 Å². The van der Waals surface area contributed by atoms with Gasteiger partial charge in [-0.25, -0.2) is 18.5 Å². The van der Waals surface area contributed by atoms with E-state index in [1.165, 1.54) is 29.5 Å². The maximum Gasteiger partial charge on any atom is 0.238 e. The van der Waals surface area contributed by atoms with Crippen LogP contribution in [0.1, 0.15) is 38.7 Å². The highest BCUT2D eigenvalue weighted by Crippen LogP contribution is 2.26. The van der Waals surface area contributed by atoms with Gasteiger partial charge in [0.2, 0.25) is 15.9 Å². The fourth-order valence-electron chi connectivity index (χ4n) is 3.45. The molecule has 3 aromatic rings. The Morgan fingerprint density at radius 3 is 2.66 bits per heavy atom. The molecule has 0 aliphatic heterocycles. The summed E-state index contributed by atoms with van der Waals surface area (Å²) < 4.78 is 25.4. The van der Waals surface area contributed by atoms with E-state index in [1.807, 2.05) is 29.7 Å². The van der Waals surface area contributed by atoms with E-state index in [-0.39, 0.29) is 22.6 Å². The molecule has 172 valence electrons. The number of sulfonamides is 1. The number of carbonyl (C=O) groups excluding carboxylic acids is 1. The predicted octanol–water partition coefficient (Wildman–Crippen LogP) is 3.71. The number of nitrogens with zero attached hydrogens (tertiary/aromatic N) is 2. The summed E-state index contributed by atoms with van der Waals surface area (Å²) in [5, 5.41) is 9.01. The third-order valence-corrected chi connectivity index (χ3v) is 7.08. The second-order valence-corrected chi connectivity index (χ2v) is 10.4. The number of hydrogen-bond donors (Lipinski definition) is 2. The molecule has 0 spiro atoms. The summed E-state index contributed by atoms with van der Waals surface area (Å²) in [5.74, 6) is 0.197. The van der Waals surface area contributed by atoms with Crippen LogP contribution in [0.15, 0.2) is 58.6 Å². The number of benzene rings is 2. The largest absolute Gasteiger partial charge is 0.353 e. The lowest BCUT2D eigenvalue weighted by Gasteiger charge is -2.14. The molecule has 1 atom stereocenters.